The fourth-order valence-corrected chi connectivity index (χ4v) is 3.14. The van der Waals surface area contributed by atoms with Crippen molar-refractivity contribution in [2.45, 2.75) is 12.1 Å². The first kappa shape index (κ1) is 16.4. The van der Waals surface area contributed by atoms with Crippen molar-refractivity contribution in [1.29, 1.82) is 0 Å². The van der Waals surface area contributed by atoms with Gasteiger partial charge < -0.3 is 15.1 Å². The SMILES string of the molecule is CN(CC(=O)O)[C@@H]1CN(C(=O)c2nccc3ccccc23)C[C@H]1O. The summed E-state index contributed by atoms with van der Waals surface area (Å²) in [5.41, 5.74) is 0.349. The molecule has 2 atom stereocenters. The molecule has 0 radical (unpaired) electrons. The zero-order valence-corrected chi connectivity index (χ0v) is 13.3. The lowest BCUT2D eigenvalue weighted by Gasteiger charge is -2.24. The number of β-amino-alcohol motifs (C(OH)–C–C–N with tert-alkyl or cyclic N) is 1. The number of aliphatic carboxylic acids is 1. The molecule has 7 heteroatoms. The number of carbonyl (C=O) groups excluding carboxylic acids is 1. The number of hydrogen-bond donors (Lipinski definition) is 2. The number of rotatable bonds is 4. The zero-order chi connectivity index (χ0) is 17.3. The van der Waals surface area contributed by atoms with E-state index in [0.29, 0.717) is 5.69 Å². The van der Waals surface area contributed by atoms with Gasteiger partial charge in [-0.1, -0.05) is 24.3 Å². The van der Waals surface area contributed by atoms with Crippen LogP contribution in [0.5, 0.6) is 0 Å². The summed E-state index contributed by atoms with van der Waals surface area (Å²) in [5, 5.41) is 20.8. The molecule has 1 aliphatic rings. The topological polar surface area (TPSA) is 94.0 Å². The number of benzene rings is 1. The quantitative estimate of drug-likeness (QED) is 0.845. The van der Waals surface area contributed by atoms with Crippen LogP contribution in [0.4, 0.5) is 0 Å². The van der Waals surface area contributed by atoms with Gasteiger partial charge in [0.05, 0.1) is 18.7 Å². The summed E-state index contributed by atoms with van der Waals surface area (Å²) >= 11 is 0. The normalized spacial score (nSPS) is 20.7. The molecule has 1 aliphatic heterocycles. The number of pyridine rings is 1. The minimum absolute atomic E-state index is 0.165. The molecule has 2 aromatic rings. The highest BCUT2D eigenvalue weighted by atomic mass is 16.4. The molecule has 1 aromatic heterocycles. The van der Waals surface area contributed by atoms with Gasteiger partial charge in [-0.15, -0.1) is 0 Å². The van der Waals surface area contributed by atoms with Gasteiger partial charge in [0.25, 0.3) is 5.91 Å². The van der Waals surface area contributed by atoms with Crippen molar-refractivity contribution >= 4 is 22.6 Å². The number of hydrogen-bond acceptors (Lipinski definition) is 5. The minimum Gasteiger partial charge on any atom is -0.480 e. The molecule has 7 nitrogen and oxygen atoms in total. The maximum Gasteiger partial charge on any atom is 0.317 e. The second-order valence-electron chi connectivity index (χ2n) is 6.03. The van der Waals surface area contributed by atoms with Gasteiger partial charge >= 0.3 is 5.97 Å². The Morgan fingerprint density at radius 3 is 2.79 bits per heavy atom. The van der Waals surface area contributed by atoms with E-state index in [0.717, 1.165) is 10.8 Å². The number of carbonyl (C=O) groups is 2. The molecule has 0 aliphatic carbocycles. The largest absolute Gasteiger partial charge is 0.480 e. The van der Waals surface area contributed by atoms with Gasteiger partial charge in [-0.05, 0) is 18.5 Å². The molecule has 0 spiro atoms. The van der Waals surface area contributed by atoms with Crippen LogP contribution in [-0.4, -0.2) is 75.7 Å². The van der Waals surface area contributed by atoms with Crippen LogP contribution in [0.25, 0.3) is 10.8 Å². The zero-order valence-electron chi connectivity index (χ0n) is 13.3. The number of aliphatic hydroxyl groups excluding tert-OH is 1. The minimum atomic E-state index is -0.967. The number of fused-ring (bicyclic) bond motifs is 1. The molecule has 0 bridgehead atoms. The van der Waals surface area contributed by atoms with E-state index in [1.165, 1.54) is 4.90 Å². The summed E-state index contributed by atoms with van der Waals surface area (Å²) in [4.78, 5) is 31.0. The van der Waals surface area contributed by atoms with Gasteiger partial charge in [-0.25, -0.2) is 0 Å². The Labute approximate surface area is 139 Å². The van der Waals surface area contributed by atoms with Gasteiger partial charge in [0.1, 0.15) is 5.69 Å². The standard InChI is InChI=1S/C17H19N3O4/c1-19(10-15(22)23)13-8-20(9-14(13)21)17(24)16-12-5-3-2-4-11(12)6-7-18-16/h2-7,13-14,21H,8-10H2,1H3,(H,22,23)/t13-,14-/m1/s1. The van der Waals surface area contributed by atoms with Crippen molar-refractivity contribution in [2.75, 3.05) is 26.7 Å². The molecule has 2 heterocycles. The summed E-state index contributed by atoms with van der Waals surface area (Å²) in [6.45, 7) is 0.253. The molecule has 1 amide bonds. The molecule has 24 heavy (non-hydrogen) atoms. The average molecular weight is 329 g/mol. The maximum absolute atomic E-state index is 12.8. The van der Waals surface area contributed by atoms with E-state index in [1.54, 1.807) is 18.1 Å². The highest BCUT2D eigenvalue weighted by molar-refractivity contribution is 6.05. The van der Waals surface area contributed by atoms with Crippen LogP contribution >= 0.6 is 0 Å². The summed E-state index contributed by atoms with van der Waals surface area (Å²) in [6.07, 6.45) is 0.809. The predicted molar refractivity (Wildman–Crippen MR) is 87.7 cm³/mol. The van der Waals surface area contributed by atoms with Crippen LogP contribution in [0.1, 0.15) is 10.5 Å². The number of amides is 1. The first-order valence-electron chi connectivity index (χ1n) is 7.70. The lowest BCUT2D eigenvalue weighted by atomic mass is 10.1. The Hall–Kier alpha value is -2.51. The fourth-order valence-electron chi connectivity index (χ4n) is 3.14. The molecule has 1 aromatic carbocycles. The third kappa shape index (κ3) is 3.08. The van der Waals surface area contributed by atoms with E-state index in [2.05, 4.69) is 4.98 Å². The Morgan fingerprint density at radius 1 is 1.29 bits per heavy atom. The fraction of sp³-hybridized carbons (Fsp3) is 0.353. The number of likely N-dealkylation sites (N-methyl/N-ethyl adjacent to an activating group) is 1. The Kier molecular flexibility index (Phi) is 4.46. The van der Waals surface area contributed by atoms with Crippen LogP contribution in [0, 0.1) is 0 Å². The van der Waals surface area contributed by atoms with Crippen LogP contribution in [0.2, 0.25) is 0 Å². The van der Waals surface area contributed by atoms with Crippen LogP contribution in [0.3, 0.4) is 0 Å². The molecular weight excluding hydrogens is 310 g/mol. The van der Waals surface area contributed by atoms with Crippen molar-refractivity contribution in [3.63, 3.8) is 0 Å². The Morgan fingerprint density at radius 2 is 2.04 bits per heavy atom. The van der Waals surface area contributed by atoms with E-state index < -0.39 is 18.1 Å². The molecular formula is C17H19N3O4. The number of carboxylic acids is 1. The molecule has 2 N–H and O–H groups in total. The Balaban J connectivity index is 1.82. The monoisotopic (exact) mass is 329 g/mol. The maximum atomic E-state index is 12.8. The predicted octanol–water partition coefficient (Wildman–Crippen LogP) is 0.436. The third-order valence-electron chi connectivity index (χ3n) is 4.37. The summed E-state index contributed by atoms with van der Waals surface area (Å²) in [7, 11) is 1.63. The van der Waals surface area contributed by atoms with Crippen molar-refractivity contribution in [1.82, 2.24) is 14.8 Å². The Bertz CT molecular complexity index is 774. The molecule has 0 unspecified atom stereocenters. The summed E-state index contributed by atoms with van der Waals surface area (Å²) in [6, 6.07) is 8.94. The van der Waals surface area contributed by atoms with Gasteiger partial charge in [0.15, 0.2) is 0 Å². The van der Waals surface area contributed by atoms with E-state index >= 15 is 0 Å². The number of likely N-dealkylation sites (tertiary alicyclic amines) is 1. The lowest BCUT2D eigenvalue weighted by molar-refractivity contribution is -0.138. The number of carboxylic acid groups (broad SMARTS) is 1. The highest BCUT2D eigenvalue weighted by Crippen LogP contribution is 2.21. The van der Waals surface area contributed by atoms with E-state index in [1.807, 2.05) is 30.3 Å². The first-order valence-corrected chi connectivity index (χ1v) is 7.70. The first-order chi connectivity index (χ1) is 11.5. The summed E-state index contributed by atoms with van der Waals surface area (Å²) in [5.74, 6) is -1.22. The van der Waals surface area contributed by atoms with Gasteiger partial charge in [-0.2, -0.15) is 0 Å². The smallest absolute Gasteiger partial charge is 0.317 e. The number of aliphatic hydroxyl groups is 1. The molecule has 126 valence electrons. The highest BCUT2D eigenvalue weighted by Gasteiger charge is 2.37. The van der Waals surface area contributed by atoms with E-state index in [9.17, 15) is 14.7 Å². The van der Waals surface area contributed by atoms with Crippen molar-refractivity contribution < 1.29 is 19.8 Å². The molecule has 1 fully saturated rings. The third-order valence-corrected chi connectivity index (χ3v) is 4.37. The number of aromatic nitrogens is 1. The lowest BCUT2D eigenvalue weighted by Crippen LogP contribution is -2.43. The van der Waals surface area contributed by atoms with Gasteiger partial charge in [-0.3, -0.25) is 19.5 Å². The van der Waals surface area contributed by atoms with Gasteiger partial charge in [0, 0.05) is 24.7 Å². The second kappa shape index (κ2) is 6.54. The van der Waals surface area contributed by atoms with Crippen molar-refractivity contribution in [3.05, 3.63) is 42.2 Å². The van der Waals surface area contributed by atoms with E-state index in [-0.39, 0.29) is 25.5 Å². The van der Waals surface area contributed by atoms with Crippen molar-refractivity contribution in [3.8, 4) is 0 Å². The summed E-state index contributed by atoms with van der Waals surface area (Å²) < 4.78 is 0. The number of nitrogens with zero attached hydrogens (tertiary/aromatic N) is 3. The average Bonchev–Trinajstić information content (AvgIpc) is 2.95. The van der Waals surface area contributed by atoms with Crippen LogP contribution in [-0.2, 0) is 4.79 Å². The van der Waals surface area contributed by atoms with Crippen LogP contribution in [0.15, 0.2) is 36.5 Å². The van der Waals surface area contributed by atoms with Gasteiger partial charge in [0.2, 0.25) is 0 Å². The molecule has 3 rings (SSSR count). The molecule has 1 saturated heterocycles. The molecule has 0 saturated carbocycles. The van der Waals surface area contributed by atoms with Crippen molar-refractivity contribution in [2.24, 2.45) is 0 Å². The van der Waals surface area contributed by atoms with E-state index in [4.69, 9.17) is 5.11 Å². The second-order valence-corrected chi connectivity index (χ2v) is 6.03. The van der Waals surface area contributed by atoms with Crippen LogP contribution < -0.4 is 0 Å².